The SMILES string of the molecule is CC1=NN(C(=O)c2ccc([N+](=O)[O-])cc2)C(=O)/C1=C\c1ccc([N+](=O)[O-])o1. The molecule has 1 aliphatic heterocycles. The van der Waals surface area contributed by atoms with Crippen LogP contribution in [0.1, 0.15) is 23.0 Å². The smallest absolute Gasteiger partial charge is 0.401 e. The van der Waals surface area contributed by atoms with E-state index in [4.69, 9.17) is 4.42 Å². The number of nitro groups is 2. The Balaban J connectivity index is 1.85. The zero-order valence-electron chi connectivity index (χ0n) is 13.7. The van der Waals surface area contributed by atoms with E-state index in [0.717, 1.165) is 18.2 Å². The first-order chi connectivity index (χ1) is 12.8. The van der Waals surface area contributed by atoms with Crippen LogP contribution in [0.5, 0.6) is 0 Å². The van der Waals surface area contributed by atoms with E-state index in [1.54, 1.807) is 0 Å². The van der Waals surface area contributed by atoms with E-state index in [2.05, 4.69) is 5.10 Å². The van der Waals surface area contributed by atoms with Gasteiger partial charge >= 0.3 is 5.88 Å². The van der Waals surface area contributed by atoms with Gasteiger partial charge in [-0.05, 0) is 31.2 Å². The second kappa shape index (κ2) is 6.63. The maximum Gasteiger partial charge on any atom is 0.433 e. The molecule has 2 amide bonds. The fourth-order valence-electron chi connectivity index (χ4n) is 2.33. The topological polar surface area (TPSA) is 149 Å². The molecule has 1 aromatic carbocycles. The number of rotatable bonds is 4. The predicted octanol–water partition coefficient (Wildman–Crippen LogP) is 2.54. The van der Waals surface area contributed by atoms with Gasteiger partial charge in [0.25, 0.3) is 17.5 Å². The lowest BCUT2D eigenvalue weighted by atomic mass is 10.1. The molecule has 0 unspecified atom stereocenters. The highest BCUT2D eigenvalue weighted by atomic mass is 16.6. The van der Waals surface area contributed by atoms with E-state index in [-0.39, 0.29) is 28.3 Å². The van der Waals surface area contributed by atoms with Gasteiger partial charge in [-0.3, -0.25) is 29.8 Å². The fraction of sp³-hybridized carbons (Fsp3) is 0.0625. The van der Waals surface area contributed by atoms with Gasteiger partial charge in [0.1, 0.15) is 10.7 Å². The van der Waals surface area contributed by atoms with Gasteiger partial charge in [-0.25, -0.2) is 0 Å². The van der Waals surface area contributed by atoms with Crippen molar-refractivity contribution in [2.75, 3.05) is 0 Å². The third kappa shape index (κ3) is 3.33. The molecule has 3 rings (SSSR count). The monoisotopic (exact) mass is 370 g/mol. The number of nitro benzene ring substituents is 1. The Hall–Kier alpha value is -4.15. The van der Waals surface area contributed by atoms with Crippen LogP contribution in [0.15, 0.2) is 51.5 Å². The number of benzene rings is 1. The second-order valence-corrected chi connectivity index (χ2v) is 5.40. The van der Waals surface area contributed by atoms with Crippen LogP contribution in [0, 0.1) is 20.2 Å². The molecule has 1 aliphatic rings. The van der Waals surface area contributed by atoms with Gasteiger partial charge in [0, 0.05) is 17.7 Å². The molecule has 0 radical (unpaired) electrons. The van der Waals surface area contributed by atoms with Crippen LogP contribution in [0.2, 0.25) is 0 Å². The number of non-ortho nitro benzene ring substituents is 1. The van der Waals surface area contributed by atoms with Crippen LogP contribution < -0.4 is 0 Å². The van der Waals surface area contributed by atoms with Crippen LogP contribution in [0.3, 0.4) is 0 Å². The largest absolute Gasteiger partial charge is 0.433 e. The third-order valence-corrected chi connectivity index (χ3v) is 3.66. The molecule has 0 bridgehead atoms. The summed E-state index contributed by atoms with van der Waals surface area (Å²) < 4.78 is 4.97. The molecule has 0 spiro atoms. The summed E-state index contributed by atoms with van der Waals surface area (Å²) >= 11 is 0. The molecule has 0 saturated heterocycles. The number of hydrogen-bond donors (Lipinski definition) is 0. The van der Waals surface area contributed by atoms with Crippen molar-refractivity contribution < 1.29 is 23.9 Å². The van der Waals surface area contributed by atoms with Crippen molar-refractivity contribution in [3.05, 3.63) is 73.5 Å². The summed E-state index contributed by atoms with van der Waals surface area (Å²) in [6, 6.07) is 7.17. The minimum Gasteiger partial charge on any atom is -0.401 e. The molecule has 2 aromatic rings. The Labute approximate surface area is 150 Å². The number of furan rings is 1. The molecule has 0 N–H and O–H groups in total. The average Bonchev–Trinajstić information content (AvgIpc) is 3.22. The number of carbonyl (C=O) groups excluding carboxylic acids is 2. The van der Waals surface area contributed by atoms with E-state index in [9.17, 15) is 29.8 Å². The van der Waals surface area contributed by atoms with Crippen molar-refractivity contribution in [3.63, 3.8) is 0 Å². The van der Waals surface area contributed by atoms with Gasteiger partial charge in [0.2, 0.25) is 0 Å². The lowest BCUT2D eigenvalue weighted by Crippen LogP contribution is -2.29. The van der Waals surface area contributed by atoms with Crippen molar-refractivity contribution in [2.24, 2.45) is 5.10 Å². The Kier molecular flexibility index (Phi) is 4.34. The highest BCUT2D eigenvalue weighted by Crippen LogP contribution is 2.24. The molecular weight excluding hydrogens is 360 g/mol. The maximum absolute atomic E-state index is 12.5. The van der Waals surface area contributed by atoms with E-state index in [1.165, 1.54) is 31.2 Å². The van der Waals surface area contributed by atoms with Crippen LogP contribution in [0.4, 0.5) is 11.6 Å². The molecule has 0 saturated carbocycles. The summed E-state index contributed by atoms with van der Waals surface area (Å²) in [6.07, 6.45) is 1.25. The summed E-state index contributed by atoms with van der Waals surface area (Å²) in [7, 11) is 0. The Morgan fingerprint density at radius 3 is 2.33 bits per heavy atom. The van der Waals surface area contributed by atoms with E-state index in [1.807, 2.05) is 0 Å². The average molecular weight is 370 g/mol. The van der Waals surface area contributed by atoms with Crippen molar-refractivity contribution in [3.8, 4) is 0 Å². The van der Waals surface area contributed by atoms with Gasteiger partial charge in [-0.2, -0.15) is 10.1 Å². The lowest BCUT2D eigenvalue weighted by Gasteiger charge is -2.09. The summed E-state index contributed by atoms with van der Waals surface area (Å²) in [5, 5.41) is 25.8. The zero-order valence-corrected chi connectivity index (χ0v) is 13.7. The standard InChI is InChI=1S/C16H10N4O7/c1-9-13(8-12-6-7-14(27-12)20(25)26)16(22)18(17-9)15(21)10-2-4-11(5-3-10)19(23)24/h2-8H,1H3/b13-8-. The summed E-state index contributed by atoms with van der Waals surface area (Å²) in [5.41, 5.74) is 0.100. The number of carbonyl (C=O) groups is 2. The minimum absolute atomic E-state index is 0.0366. The highest BCUT2D eigenvalue weighted by molar-refractivity contribution is 6.30. The van der Waals surface area contributed by atoms with Crippen LogP contribution >= 0.6 is 0 Å². The molecule has 11 nitrogen and oxygen atoms in total. The van der Waals surface area contributed by atoms with Gasteiger partial charge in [0.05, 0.1) is 22.3 Å². The summed E-state index contributed by atoms with van der Waals surface area (Å²) in [6.45, 7) is 1.49. The number of hydrogen-bond acceptors (Lipinski definition) is 8. The van der Waals surface area contributed by atoms with E-state index in [0.29, 0.717) is 5.01 Å². The fourth-order valence-corrected chi connectivity index (χ4v) is 2.33. The predicted molar refractivity (Wildman–Crippen MR) is 90.7 cm³/mol. The van der Waals surface area contributed by atoms with Crippen molar-refractivity contribution >= 4 is 35.2 Å². The number of amides is 2. The van der Waals surface area contributed by atoms with Crippen LogP contribution in [0.25, 0.3) is 6.08 Å². The quantitative estimate of drug-likeness (QED) is 0.347. The third-order valence-electron chi connectivity index (χ3n) is 3.66. The Bertz CT molecular complexity index is 1030. The number of nitrogens with zero attached hydrogens (tertiary/aromatic N) is 4. The molecule has 27 heavy (non-hydrogen) atoms. The molecule has 0 atom stereocenters. The number of hydrazone groups is 1. The first kappa shape index (κ1) is 17.7. The minimum atomic E-state index is -0.761. The Morgan fingerprint density at radius 2 is 1.78 bits per heavy atom. The van der Waals surface area contributed by atoms with Gasteiger partial charge < -0.3 is 4.42 Å². The maximum atomic E-state index is 12.5. The van der Waals surface area contributed by atoms with E-state index >= 15 is 0 Å². The molecule has 0 fully saturated rings. The Morgan fingerprint density at radius 1 is 1.11 bits per heavy atom. The van der Waals surface area contributed by atoms with Crippen molar-refractivity contribution in [2.45, 2.75) is 6.92 Å². The highest BCUT2D eigenvalue weighted by Gasteiger charge is 2.33. The molecule has 2 heterocycles. The molecule has 136 valence electrons. The normalized spacial score (nSPS) is 15.1. The second-order valence-electron chi connectivity index (χ2n) is 5.40. The zero-order chi connectivity index (χ0) is 19.7. The summed E-state index contributed by atoms with van der Waals surface area (Å²) in [5.74, 6) is -1.93. The first-order valence-corrected chi connectivity index (χ1v) is 7.42. The van der Waals surface area contributed by atoms with E-state index < -0.39 is 27.5 Å². The van der Waals surface area contributed by atoms with Crippen LogP contribution in [-0.4, -0.2) is 32.4 Å². The number of imide groups is 1. The van der Waals surface area contributed by atoms with Gasteiger partial charge in [0.15, 0.2) is 0 Å². The first-order valence-electron chi connectivity index (χ1n) is 7.42. The van der Waals surface area contributed by atoms with Gasteiger partial charge in [-0.15, -0.1) is 0 Å². The van der Waals surface area contributed by atoms with Crippen molar-refractivity contribution in [1.29, 1.82) is 0 Å². The summed E-state index contributed by atoms with van der Waals surface area (Å²) in [4.78, 5) is 44.9. The molecule has 0 aliphatic carbocycles. The van der Waals surface area contributed by atoms with Crippen LogP contribution in [-0.2, 0) is 4.79 Å². The molecule has 11 heteroatoms. The van der Waals surface area contributed by atoms with Gasteiger partial charge in [-0.1, -0.05) is 0 Å². The lowest BCUT2D eigenvalue weighted by molar-refractivity contribution is -0.402. The molecule has 1 aromatic heterocycles. The van der Waals surface area contributed by atoms with Crippen molar-refractivity contribution in [1.82, 2.24) is 5.01 Å². The molecular formula is C16H10N4O7.